The molecule has 17 heavy (non-hydrogen) atoms. The average molecular weight is 233 g/mol. The van der Waals surface area contributed by atoms with Gasteiger partial charge in [-0.25, -0.2) is 0 Å². The summed E-state index contributed by atoms with van der Waals surface area (Å²) < 4.78 is 5.18. The molecule has 2 nitrogen and oxygen atoms in total. The predicted molar refractivity (Wildman–Crippen MR) is 74.4 cm³/mol. The van der Waals surface area contributed by atoms with Crippen LogP contribution >= 0.6 is 0 Å². The quantitative estimate of drug-likeness (QED) is 0.773. The molecule has 0 radical (unpaired) electrons. The number of benzene rings is 1. The first kappa shape index (κ1) is 13.8. The molecule has 0 aromatic heterocycles. The van der Waals surface area contributed by atoms with Crippen molar-refractivity contribution < 1.29 is 4.74 Å². The van der Waals surface area contributed by atoms with Gasteiger partial charge in [0.15, 0.2) is 0 Å². The van der Waals surface area contributed by atoms with E-state index < -0.39 is 0 Å². The topological polar surface area (TPSA) is 12.5 Å². The SMILES string of the molecule is C/C=C(\c1ccc(OC)cc1)C(C)CN(C)C. The Labute approximate surface area is 105 Å². The average Bonchev–Trinajstić information content (AvgIpc) is 2.30. The van der Waals surface area contributed by atoms with Gasteiger partial charge in [0.25, 0.3) is 0 Å². The van der Waals surface area contributed by atoms with Crippen molar-refractivity contribution in [2.75, 3.05) is 27.7 Å². The molecule has 0 aliphatic carbocycles. The highest BCUT2D eigenvalue weighted by Gasteiger charge is 2.11. The summed E-state index contributed by atoms with van der Waals surface area (Å²) in [6, 6.07) is 8.28. The third kappa shape index (κ3) is 3.90. The number of methoxy groups -OCH3 is 1. The fraction of sp³-hybridized carbons (Fsp3) is 0.467. The molecule has 0 N–H and O–H groups in total. The van der Waals surface area contributed by atoms with Gasteiger partial charge in [0.05, 0.1) is 7.11 Å². The standard InChI is InChI=1S/C15H23NO/c1-6-15(12(2)11-16(3)4)13-7-9-14(17-5)10-8-13/h6-10,12H,11H2,1-5H3/b15-6-. The van der Waals surface area contributed by atoms with Crippen LogP contribution in [-0.2, 0) is 0 Å². The van der Waals surface area contributed by atoms with Crippen molar-refractivity contribution in [2.24, 2.45) is 5.92 Å². The first-order valence-corrected chi connectivity index (χ1v) is 6.03. The van der Waals surface area contributed by atoms with E-state index in [2.05, 4.69) is 51.1 Å². The van der Waals surface area contributed by atoms with E-state index >= 15 is 0 Å². The molecule has 94 valence electrons. The van der Waals surface area contributed by atoms with Crippen LogP contribution in [0.4, 0.5) is 0 Å². The fourth-order valence-corrected chi connectivity index (χ4v) is 2.17. The van der Waals surface area contributed by atoms with E-state index in [4.69, 9.17) is 4.74 Å². The largest absolute Gasteiger partial charge is 0.497 e. The summed E-state index contributed by atoms with van der Waals surface area (Å²) in [6.07, 6.45) is 2.20. The van der Waals surface area contributed by atoms with Crippen LogP contribution in [0.25, 0.3) is 5.57 Å². The van der Waals surface area contributed by atoms with Gasteiger partial charge in [0.2, 0.25) is 0 Å². The van der Waals surface area contributed by atoms with Crippen LogP contribution in [0.1, 0.15) is 19.4 Å². The van der Waals surface area contributed by atoms with Gasteiger partial charge in [-0.1, -0.05) is 25.1 Å². The summed E-state index contributed by atoms with van der Waals surface area (Å²) in [5.74, 6) is 1.44. The Morgan fingerprint density at radius 2 is 1.88 bits per heavy atom. The maximum Gasteiger partial charge on any atom is 0.118 e. The Morgan fingerprint density at radius 1 is 1.29 bits per heavy atom. The third-order valence-corrected chi connectivity index (χ3v) is 2.90. The number of nitrogens with zero attached hydrogens (tertiary/aromatic N) is 1. The summed E-state index contributed by atoms with van der Waals surface area (Å²) in [4.78, 5) is 2.22. The smallest absolute Gasteiger partial charge is 0.118 e. The van der Waals surface area contributed by atoms with E-state index in [1.165, 1.54) is 11.1 Å². The molecular formula is C15H23NO. The Kier molecular flexibility index (Phi) is 5.23. The zero-order valence-electron chi connectivity index (χ0n) is 11.5. The second-order valence-corrected chi connectivity index (χ2v) is 4.64. The first-order chi connectivity index (χ1) is 8.08. The monoisotopic (exact) mass is 233 g/mol. The van der Waals surface area contributed by atoms with Crippen molar-refractivity contribution in [3.05, 3.63) is 35.9 Å². The van der Waals surface area contributed by atoms with Gasteiger partial charge in [-0.15, -0.1) is 0 Å². The van der Waals surface area contributed by atoms with Gasteiger partial charge >= 0.3 is 0 Å². The molecule has 0 bridgehead atoms. The van der Waals surface area contributed by atoms with E-state index in [9.17, 15) is 0 Å². The lowest BCUT2D eigenvalue weighted by Crippen LogP contribution is -2.20. The Balaban J connectivity index is 2.86. The highest BCUT2D eigenvalue weighted by Crippen LogP contribution is 2.25. The predicted octanol–water partition coefficient (Wildman–Crippen LogP) is 3.30. The minimum Gasteiger partial charge on any atom is -0.497 e. The minimum absolute atomic E-state index is 0.531. The van der Waals surface area contributed by atoms with Crippen LogP contribution in [0.2, 0.25) is 0 Å². The Morgan fingerprint density at radius 3 is 2.29 bits per heavy atom. The lowest BCUT2D eigenvalue weighted by molar-refractivity contribution is 0.376. The van der Waals surface area contributed by atoms with Gasteiger partial charge in [0, 0.05) is 6.54 Å². The van der Waals surface area contributed by atoms with Crippen molar-refractivity contribution in [1.82, 2.24) is 4.90 Å². The molecule has 0 aliphatic rings. The second-order valence-electron chi connectivity index (χ2n) is 4.64. The molecule has 1 rings (SSSR count). The summed E-state index contributed by atoms with van der Waals surface area (Å²) in [5.41, 5.74) is 2.67. The number of allylic oxidation sites excluding steroid dienone is 1. The maximum absolute atomic E-state index is 5.18. The van der Waals surface area contributed by atoms with Crippen LogP contribution in [0.5, 0.6) is 5.75 Å². The van der Waals surface area contributed by atoms with Gasteiger partial charge in [0.1, 0.15) is 5.75 Å². The Hall–Kier alpha value is -1.28. The van der Waals surface area contributed by atoms with Crippen molar-refractivity contribution in [2.45, 2.75) is 13.8 Å². The Bertz CT molecular complexity index is 365. The fourth-order valence-electron chi connectivity index (χ4n) is 2.17. The zero-order chi connectivity index (χ0) is 12.8. The summed E-state index contributed by atoms with van der Waals surface area (Å²) in [5, 5.41) is 0. The number of rotatable bonds is 5. The zero-order valence-corrected chi connectivity index (χ0v) is 11.5. The molecule has 0 fully saturated rings. The lowest BCUT2D eigenvalue weighted by Gasteiger charge is -2.20. The van der Waals surface area contributed by atoms with E-state index in [1.54, 1.807) is 7.11 Å². The van der Waals surface area contributed by atoms with Crippen molar-refractivity contribution in [3.8, 4) is 5.75 Å². The van der Waals surface area contributed by atoms with Crippen LogP contribution < -0.4 is 4.74 Å². The van der Waals surface area contributed by atoms with E-state index in [1.807, 2.05) is 12.1 Å². The normalized spacial score (nSPS) is 13.9. The van der Waals surface area contributed by atoms with Crippen molar-refractivity contribution in [1.29, 1.82) is 0 Å². The van der Waals surface area contributed by atoms with Gasteiger partial charge in [-0.05, 0) is 50.2 Å². The maximum atomic E-state index is 5.18. The van der Waals surface area contributed by atoms with E-state index in [-0.39, 0.29) is 0 Å². The van der Waals surface area contributed by atoms with Crippen LogP contribution in [0.15, 0.2) is 30.3 Å². The second kappa shape index (κ2) is 6.45. The molecule has 0 spiro atoms. The molecular weight excluding hydrogens is 210 g/mol. The van der Waals surface area contributed by atoms with Gasteiger partial charge in [-0.3, -0.25) is 0 Å². The molecule has 1 aromatic rings. The molecule has 0 saturated carbocycles. The van der Waals surface area contributed by atoms with Crippen LogP contribution in [-0.4, -0.2) is 32.6 Å². The number of hydrogen-bond acceptors (Lipinski definition) is 2. The highest BCUT2D eigenvalue weighted by molar-refractivity contribution is 5.67. The van der Waals surface area contributed by atoms with Crippen LogP contribution in [0, 0.1) is 5.92 Å². The molecule has 1 unspecified atom stereocenters. The molecule has 1 aromatic carbocycles. The van der Waals surface area contributed by atoms with E-state index in [0.29, 0.717) is 5.92 Å². The molecule has 1 atom stereocenters. The summed E-state index contributed by atoms with van der Waals surface area (Å²) >= 11 is 0. The van der Waals surface area contributed by atoms with Crippen molar-refractivity contribution >= 4 is 5.57 Å². The van der Waals surface area contributed by atoms with Gasteiger partial charge in [-0.2, -0.15) is 0 Å². The van der Waals surface area contributed by atoms with Crippen molar-refractivity contribution in [3.63, 3.8) is 0 Å². The highest BCUT2D eigenvalue weighted by atomic mass is 16.5. The van der Waals surface area contributed by atoms with Crippen LogP contribution in [0.3, 0.4) is 0 Å². The van der Waals surface area contributed by atoms with Gasteiger partial charge < -0.3 is 9.64 Å². The molecule has 0 aliphatic heterocycles. The molecule has 0 saturated heterocycles. The van der Waals surface area contributed by atoms with E-state index in [0.717, 1.165) is 12.3 Å². The lowest BCUT2D eigenvalue weighted by atomic mass is 9.93. The summed E-state index contributed by atoms with van der Waals surface area (Å²) in [7, 11) is 5.91. The number of hydrogen-bond donors (Lipinski definition) is 0. The number of ether oxygens (including phenoxy) is 1. The summed E-state index contributed by atoms with van der Waals surface area (Å²) in [6.45, 7) is 5.43. The third-order valence-electron chi connectivity index (χ3n) is 2.90. The molecule has 0 amide bonds. The minimum atomic E-state index is 0.531. The first-order valence-electron chi connectivity index (χ1n) is 6.03. The molecule has 2 heteroatoms. The molecule has 0 heterocycles.